The number of nitrogens with one attached hydrogen (secondary N) is 2. The Morgan fingerprint density at radius 2 is 2.00 bits per heavy atom. The molecule has 5 heterocycles. The van der Waals surface area contributed by atoms with E-state index in [2.05, 4.69) is 64.4 Å². The number of aryl methyl sites for hydroxylation is 2. The van der Waals surface area contributed by atoms with Gasteiger partial charge >= 0.3 is 0 Å². The van der Waals surface area contributed by atoms with E-state index in [1.54, 1.807) is 0 Å². The van der Waals surface area contributed by atoms with Crippen molar-refractivity contribution >= 4 is 23.2 Å². The molecular formula is C28H31N5O2. The summed E-state index contributed by atoms with van der Waals surface area (Å²) in [6.45, 7) is 7.05. The number of carboxylic acid groups (broad SMARTS) is 1. The van der Waals surface area contributed by atoms with E-state index in [9.17, 15) is 0 Å². The highest BCUT2D eigenvalue weighted by Gasteiger charge is 2.26. The molecule has 0 spiro atoms. The number of carbonyl (C=O) groups is 1. The Morgan fingerprint density at radius 1 is 1.14 bits per heavy atom. The summed E-state index contributed by atoms with van der Waals surface area (Å²) >= 11 is 0. The molecule has 35 heavy (non-hydrogen) atoms. The molecule has 1 saturated heterocycles. The number of H-pyrrole nitrogens is 1. The van der Waals surface area contributed by atoms with Gasteiger partial charge in [-0.15, -0.1) is 0 Å². The fourth-order valence-electron chi connectivity index (χ4n) is 5.37. The van der Waals surface area contributed by atoms with Crippen LogP contribution in [-0.2, 0) is 17.8 Å². The number of fused-ring (bicyclic) bond motifs is 2. The van der Waals surface area contributed by atoms with Crippen molar-refractivity contribution in [2.45, 2.75) is 45.7 Å². The average Bonchev–Trinajstić information content (AvgIpc) is 3.54. The van der Waals surface area contributed by atoms with Gasteiger partial charge in [-0.2, -0.15) is 0 Å². The van der Waals surface area contributed by atoms with Crippen LogP contribution in [0, 0.1) is 13.8 Å². The minimum atomic E-state index is -0.250. The summed E-state index contributed by atoms with van der Waals surface area (Å²) in [5, 5.41) is 11.8. The first-order valence-corrected chi connectivity index (χ1v) is 12.2. The topological polar surface area (TPSA) is 94.1 Å². The quantitative estimate of drug-likeness (QED) is 0.368. The molecule has 3 N–H and O–H groups in total. The minimum Gasteiger partial charge on any atom is -0.483 e. The van der Waals surface area contributed by atoms with Gasteiger partial charge in [0.1, 0.15) is 5.65 Å². The van der Waals surface area contributed by atoms with Crippen molar-refractivity contribution in [1.82, 2.24) is 20.3 Å². The van der Waals surface area contributed by atoms with Gasteiger partial charge in [0.15, 0.2) is 0 Å². The van der Waals surface area contributed by atoms with Crippen LogP contribution in [0.3, 0.4) is 0 Å². The summed E-state index contributed by atoms with van der Waals surface area (Å²) in [6, 6.07) is 11.9. The number of nitrogens with zero attached hydrogens (tertiary/aromatic N) is 3. The van der Waals surface area contributed by atoms with Crippen molar-refractivity contribution in [3.05, 3.63) is 76.9 Å². The van der Waals surface area contributed by atoms with Crippen LogP contribution >= 0.6 is 0 Å². The molecule has 1 fully saturated rings. The molecule has 0 saturated carbocycles. The van der Waals surface area contributed by atoms with Gasteiger partial charge in [0.25, 0.3) is 6.47 Å². The monoisotopic (exact) mass is 469 g/mol. The molecular weight excluding hydrogens is 438 g/mol. The van der Waals surface area contributed by atoms with E-state index >= 15 is 0 Å². The predicted molar refractivity (Wildman–Crippen MR) is 139 cm³/mol. The van der Waals surface area contributed by atoms with Crippen LogP contribution in [-0.4, -0.2) is 39.6 Å². The summed E-state index contributed by atoms with van der Waals surface area (Å²) in [5.74, 6) is 0. The maximum Gasteiger partial charge on any atom is 0.290 e. The number of benzene rings is 1. The molecule has 7 nitrogen and oxygen atoms in total. The SMILES string of the molecule is Cc1cc(N2CCc3cc(-c4cnc5[nH]cc(C)c5c4)cc(C4CCCN4)c3C2)ccn1.O=CO. The van der Waals surface area contributed by atoms with Crippen molar-refractivity contribution in [1.29, 1.82) is 0 Å². The van der Waals surface area contributed by atoms with Crippen molar-refractivity contribution in [3.8, 4) is 11.1 Å². The predicted octanol–water partition coefficient (Wildman–Crippen LogP) is 4.93. The maximum absolute atomic E-state index is 8.36. The van der Waals surface area contributed by atoms with E-state index in [1.807, 2.05) is 18.6 Å². The van der Waals surface area contributed by atoms with Crippen molar-refractivity contribution in [2.75, 3.05) is 18.0 Å². The molecule has 1 atom stereocenters. The zero-order valence-corrected chi connectivity index (χ0v) is 20.2. The van der Waals surface area contributed by atoms with Crippen LogP contribution in [0.4, 0.5) is 5.69 Å². The lowest BCUT2D eigenvalue weighted by Gasteiger charge is -2.34. The van der Waals surface area contributed by atoms with E-state index in [0.29, 0.717) is 6.04 Å². The van der Waals surface area contributed by atoms with E-state index < -0.39 is 0 Å². The van der Waals surface area contributed by atoms with Gasteiger partial charge in [0.2, 0.25) is 0 Å². The van der Waals surface area contributed by atoms with Gasteiger partial charge in [-0.3, -0.25) is 9.78 Å². The van der Waals surface area contributed by atoms with E-state index in [0.717, 1.165) is 37.4 Å². The highest BCUT2D eigenvalue weighted by molar-refractivity contribution is 5.84. The molecule has 0 radical (unpaired) electrons. The fraction of sp³-hybridized carbons (Fsp3) is 0.321. The lowest BCUT2D eigenvalue weighted by molar-refractivity contribution is -0.122. The minimum absolute atomic E-state index is 0.250. The van der Waals surface area contributed by atoms with Gasteiger partial charge in [0.05, 0.1) is 0 Å². The van der Waals surface area contributed by atoms with Crippen LogP contribution in [0.1, 0.15) is 46.8 Å². The molecule has 0 amide bonds. The number of hydrogen-bond donors (Lipinski definition) is 3. The normalized spacial score (nSPS) is 17.1. The second-order valence-corrected chi connectivity index (χ2v) is 9.38. The summed E-state index contributed by atoms with van der Waals surface area (Å²) in [4.78, 5) is 23.2. The number of rotatable bonds is 3. The molecule has 180 valence electrons. The molecule has 2 aliphatic rings. The van der Waals surface area contributed by atoms with Gasteiger partial charge in [-0.1, -0.05) is 6.07 Å². The average molecular weight is 470 g/mol. The second kappa shape index (κ2) is 9.88. The van der Waals surface area contributed by atoms with Gasteiger partial charge in [-0.25, -0.2) is 4.98 Å². The van der Waals surface area contributed by atoms with E-state index in [1.165, 1.54) is 57.3 Å². The van der Waals surface area contributed by atoms with E-state index in [4.69, 9.17) is 14.9 Å². The first-order valence-electron chi connectivity index (χ1n) is 12.2. The summed E-state index contributed by atoms with van der Waals surface area (Å²) in [6.07, 6.45) is 9.49. The molecule has 7 heteroatoms. The van der Waals surface area contributed by atoms with Crippen LogP contribution in [0.5, 0.6) is 0 Å². The maximum atomic E-state index is 8.36. The first kappa shape index (κ1) is 23.1. The fourth-order valence-corrected chi connectivity index (χ4v) is 5.37. The van der Waals surface area contributed by atoms with Gasteiger partial charge in [0, 0.05) is 60.1 Å². The molecule has 0 bridgehead atoms. The van der Waals surface area contributed by atoms with Crippen molar-refractivity contribution < 1.29 is 9.90 Å². The largest absolute Gasteiger partial charge is 0.483 e. The Bertz CT molecular complexity index is 1360. The lowest BCUT2D eigenvalue weighted by Crippen LogP contribution is -2.32. The molecule has 3 aromatic heterocycles. The first-order chi connectivity index (χ1) is 17.1. The Morgan fingerprint density at radius 3 is 2.77 bits per heavy atom. The number of aromatic amines is 1. The second-order valence-electron chi connectivity index (χ2n) is 9.38. The third kappa shape index (κ3) is 4.64. The number of aromatic nitrogens is 3. The van der Waals surface area contributed by atoms with Crippen molar-refractivity contribution in [3.63, 3.8) is 0 Å². The highest BCUT2D eigenvalue weighted by atomic mass is 16.3. The summed E-state index contributed by atoms with van der Waals surface area (Å²) in [7, 11) is 0. The van der Waals surface area contributed by atoms with Gasteiger partial charge in [-0.05, 0) is 91.7 Å². The molecule has 1 unspecified atom stereocenters. The zero-order chi connectivity index (χ0) is 24.4. The standard InChI is InChI=1S/C27H29N5.CH2O2/c1-17-14-30-27-23(17)13-21(15-31-27)20-11-19-6-9-32(22-5-8-28-18(2)10-22)16-25(19)24(12-20)26-4-3-7-29-26;2-1-3/h5,8,10-15,26,29H,3-4,6-7,9,16H2,1-2H3,(H,30,31);1H,(H,2,3). The molecule has 6 rings (SSSR count). The third-order valence-corrected chi connectivity index (χ3v) is 7.13. The highest BCUT2D eigenvalue weighted by Crippen LogP contribution is 2.37. The Kier molecular flexibility index (Phi) is 6.51. The Balaban J connectivity index is 0.000000806. The smallest absolute Gasteiger partial charge is 0.290 e. The molecule has 0 aliphatic carbocycles. The molecule has 1 aromatic carbocycles. The number of pyridine rings is 2. The van der Waals surface area contributed by atoms with Crippen LogP contribution in [0.15, 0.2) is 48.9 Å². The number of hydrogen-bond acceptors (Lipinski definition) is 5. The van der Waals surface area contributed by atoms with Crippen molar-refractivity contribution in [2.24, 2.45) is 0 Å². The lowest BCUT2D eigenvalue weighted by atomic mass is 9.87. The molecule has 4 aromatic rings. The van der Waals surface area contributed by atoms with E-state index in [-0.39, 0.29) is 6.47 Å². The van der Waals surface area contributed by atoms with Crippen LogP contribution in [0.25, 0.3) is 22.2 Å². The Labute approximate surface area is 205 Å². The molecule has 2 aliphatic heterocycles. The third-order valence-electron chi connectivity index (χ3n) is 7.13. The summed E-state index contributed by atoms with van der Waals surface area (Å²) < 4.78 is 0. The Hall–Kier alpha value is -3.71. The van der Waals surface area contributed by atoms with Crippen LogP contribution < -0.4 is 10.2 Å². The number of anilines is 1. The van der Waals surface area contributed by atoms with Crippen LogP contribution in [0.2, 0.25) is 0 Å². The summed E-state index contributed by atoms with van der Waals surface area (Å²) in [5.41, 5.74) is 11.5. The van der Waals surface area contributed by atoms with Gasteiger partial charge < -0.3 is 20.3 Å². The zero-order valence-electron chi connectivity index (χ0n) is 20.2.